The average molecular weight is 538 g/mol. The van der Waals surface area contributed by atoms with Gasteiger partial charge in [-0.15, -0.1) is 11.8 Å². The van der Waals surface area contributed by atoms with Crippen LogP contribution in [0.2, 0.25) is 0 Å². The van der Waals surface area contributed by atoms with Gasteiger partial charge in [-0.2, -0.15) is 0 Å². The molecule has 0 fully saturated rings. The molecule has 3 aromatic rings. The van der Waals surface area contributed by atoms with Crippen molar-refractivity contribution in [1.29, 1.82) is 0 Å². The molecule has 0 amide bonds. The highest BCUT2D eigenvalue weighted by Gasteiger charge is 2.37. The van der Waals surface area contributed by atoms with Crippen molar-refractivity contribution >= 4 is 34.4 Å². The summed E-state index contributed by atoms with van der Waals surface area (Å²) in [5.74, 6) is 0.783. The smallest absolute Gasteiger partial charge is 0.180 e. The van der Waals surface area contributed by atoms with Gasteiger partial charge in [0, 0.05) is 10.6 Å². The van der Waals surface area contributed by atoms with E-state index in [1.807, 2.05) is 11.8 Å². The molecule has 0 saturated carbocycles. The maximum atomic E-state index is 10.5. The third-order valence-corrected chi connectivity index (χ3v) is 11.7. The van der Waals surface area contributed by atoms with E-state index in [9.17, 15) is 5.11 Å². The van der Waals surface area contributed by atoms with Crippen LogP contribution in [0.3, 0.4) is 0 Å². The predicted octanol–water partition coefficient (Wildman–Crippen LogP) is 10.0. The van der Waals surface area contributed by atoms with E-state index in [4.69, 9.17) is 0 Å². The molecule has 0 bridgehead atoms. The topological polar surface area (TPSA) is 20.2 Å². The van der Waals surface area contributed by atoms with Crippen molar-refractivity contribution in [3.05, 3.63) is 72.8 Å². The number of benzene rings is 3. The van der Waals surface area contributed by atoms with Crippen LogP contribution in [-0.4, -0.2) is 17.0 Å². The zero-order chi connectivity index (χ0) is 25.0. The van der Waals surface area contributed by atoms with Gasteiger partial charge in [0.15, 0.2) is 14.7 Å². The zero-order valence-corrected chi connectivity index (χ0v) is 24.1. The van der Waals surface area contributed by atoms with Crippen LogP contribution in [0.25, 0.3) is 0 Å². The normalized spacial score (nSPS) is 13.8. The molecule has 1 aliphatic rings. The minimum Gasteiger partial charge on any atom is -0.392 e. The van der Waals surface area contributed by atoms with E-state index in [1.165, 1.54) is 87.2 Å². The number of aliphatic hydroxyl groups excluding tert-OH is 1. The fourth-order valence-electron chi connectivity index (χ4n) is 4.71. The molecule has 1 nitrogen and oxygen atoms in total. The summed E-state index contributed by atoms with van der Waals surface area (Å²) in [6.07, 6.45) is 14.1. The van der Waals surface area contributed by atoms with Crippen LogP contribution in [0.4, 0.5) is 0 Å². The second-order valence-corrected chi connectivity index (χ2v) is 13.8. The maximum Gasteiger partial charge on any atom is 0.180 e. The predicted molar refractivity (Wildman–Crippen MR) is 159 cm³/mol. The van der Waals surface area contributed by atoms with Gasteiger partial charge in [0.1, 0.15) is 10.9 Å². The summed E-state index contributed by atoms with van der Waals surface area (Å²) >= 11 is 3.67. The largest absolute Gasteiger partial charge is 0.392 e. The zero-order valence-electron chi connectivity index (χ0n) is 21.7. The quantitative estimate of drug-likeness (QED) is 0.0925. The number of aliphatic hydroxyl groups is 1. The fraction of sp³-hybridized carbons (Fsp3) is 0.438. The van der Waals surface area contributed by atoms with Crippen LogP contribution in [-0.2, 0) is 10.9 Å². The van der Waals surface area contributed by atoms with Crippen LogP contribution in [0.15, 0.2) is 102 Å². The van der Waals surface area contributed by atoms with E-state index < -0.39 is 0 Å². The minimum atomic E-state index is -0.209. The Morgan fingerprint density at radius 1 is 0.694 bits per heavy atom. The second-order valence-electron chi connectivity index (χ2n) is 9.71. The van der Waals surface area contributed by atoms with Crippen LogP contribution in [0, 0.1) is 0 Å². The van der Waals surface area contributed by atoms with Gasteiger partial charge in [0.05, 0.1) is 15.9 Å². The molecule has 1 aliphatic heterocycles. The Balaban J connectivity index is 1.21. The highest BCUT2D eigenvalue weighted by atomic mass is 32.2. The summed E-state index contributed by atoms with van der Waals surface area (Å²) in [6, 6.07) is 26.7. The summed E-state index contributed by atoms with van der Waals surface area (Å²) in [5.41, 5.74) is 0. The number of hydrogen-bond donors (Lipinski definition) is 1. The lowest BCUT2D eigenvalue weighted by molar-refractivity contribution is 0.185. The summed E-state index contributed by atoms with van der Waals surface area (Å²) in [4.78, 5) is 8.20. The molecule has 36 heavy (non-hydrogen) atoms. The van der Waals surface area contributed by atoms with E-state index in [0.29, 0.717) is 0 Å². The van der Waals surface area contributed by atoms with Crippen molar-refractivity contribution in [2.75, 3.05) is 5.75 Å². The SMILES string of the molecule is CCCCCCCCCCCCC(O)CSc1ccc([S+]2c3ccccc3Sc3ccccc32)cc1. The van der Waals surface area contributed by atoms with Crippen molar-refractivity contribution in [3.8, 4) is 0 Å². The molecule has 0 radical (unpaired) electrons. The number of hydrogen-bond acceptors (Lipinski definition) is 3. The molecular weight excluding hydrogens is 497 g/mol. The standard InChI is InChI=1S/C32H41OS3/c1-2-3-4-5-6-7-8-9-10-11-16-26(33)25-34-27-21-23-28(24-22-27)36-31-19-14-12-17-29(31)35-30-18-13-15-20-32(30)36/h12-15,17-24,26,33H,2-11,16,25H2,1H3/q+1. The molecule has 0 aliphatic carbocycles. The third kappa shape index (κ3) is 8.08. The fourth-order valence-corrected chi connectivity index (χ4v) is 9.33. The Hall–Kier alpha value is -1.33. The lowest BCUT2D eigenvalue weighted by Gasteiger charge is -2.18. The third-order valence-electron chi connectivity index (χ3n) is 6.75. The number of fused-ring (bicyclic) bond motifs is 2. The molecule has 1 atom stereocenters. The van der Waals surface area contributed by atoms with Gasteiger partial charge in [-0.05, 0) is 55.0 Å². The highest BCUT2D eigenvalue weighted by Crippen LogP contribution is 2.48. The molecule has 0 saturated heterocycles. The van der Waals surface area contributed by atoms with E-state index in [0.717, 1.165) is 18.6 Å². The lowest BCUT2D eigenvalue weighted by Crippen LogP contribution is -2.11. The summed E-state index contributed by atoms with van der Waals surface area (Å²) in [7, 11) is -0.0691. The van der Waals surface area contributed by atoms with E-state index >= 15 is 0 Å². The Bertz CT molecular complexity index is 1000. The maximum absolute atomic E-state index is 10.5. The van der Waals surface area contributed by atoms with Crippen LogP contribution in [0.1, 0.15) is 77.6 Å². The Morgan fingerprint density at radius 3 is 1.81 bits per heavy atom. The van der Waals surface area contributed by atoms with Crippen LogP contribution >= 0.6 is 23.5 Å². The Morgan fingerprint density at radius 2 is 1.22 bits per heavy atom. The van der Waals surface area contributed by atoms with Gasteiger partial charge in [0.2, 0.25) is 0 Å². The summed E-state index contributed by atoms with van der Waals surface area (Å²) < 4.78 is 0. The first-order chi connectivity index (χ1) is 17.8. The molecule has 1 N–H and O–H groups in total. The highest BCUT2D eigenvalue weighted by molar-refractivity contribution is 8.04. The van der Waals surface area contributed by atoms with Crippen molar-refractivity contribution in [2.45, 2.75) is 113 Å². The Labute approximate surface area is 230 Å². The Kier molecular flexibility index (Phi) is 11.7. The van der Waals surface area contributed by atoms with E-state index in [2.05, 4.69) is 79.7 Å². The average Bonchev–Trinajstić information content (AvgIpc) is 2.92. The minimum absolute atomic E-state index is 0.0691. The van der Waals surface area contributed by atoms with Gasteiger partial charge < -0.3 is 5.11 Å². The van der Waals surface area contributed by atoms with Crippen molar-refractivity contribution in [2.24, 2.45) is 0 Å². The van der Waals surface area contributed by atoms with Gasteiger partial charge in [-0.25, -0.2) is 0 Å². The number of thioether (sulfide) groups is 1. The van der Waals surface area contributed by atoms with E-state index in [-0.39, 0.29) is 17.0 Å². The van der Waals surface area contributed by atoms with Gasteiger partial charge >= 0.3 is 0 Å². The summed E-state index contributed by atoms with van der Waals surface area (Å²) in [5, 5.41) is 10.5. The van der Waals surface area contributed by atoms with Crippen LogP contribution in [0.5, 0.6) is 0 Å². The molecule has 3 aromatic carbocycles. The first kappa shape index (κ1) is 27.7. The van der Waals surface area contributed by atoms with Crippen molar-refractivity contribution < 1.29 is 5.11 Å². The molecular formula is C32H41OS3+. The van der Waals surface area contributed by atoms with Gasteiger partial charge in [0.25, 0.3) is 0 Å². The first-order valence-corrected chi connectivity index (χ1v) is 16.8. The molecule has 4 rings (SSSR count). The molecule has 1 heterocycles. The molecule has 0 aromatic heterocycles. The molecule has 1 unspecified atom stereocenters. The second kappa shape index (κ2) is 15.2. The molecule has 0 spiro atoms. The van der Waals surface area contributed by atoms with Gasteiger partial charge in [-0.1, -0.05) is 107 Å². The number of unbranched alkanes of at least 4 members (excludes halogenated alkanes) is 9. The van der Waals surface area contributed by atoms with Crippen LogP contribution < -0.4 is 0 Å². The van der Waals surface area contributed by atoms with Crippen molar-refractivity contribution in [1.82, 2.24) is 0 Å². The molecule has 4 heteroatoms. The lowest BCUT2D eigenvalue weighted by atomic mass is 10.1. The summed E-state index contributed by atoms with van der Waals surface area (Å²) in [6.45, 7) is 2.28. The molecule has 192 valence electrons. The first-order valence-electron chi connectivity index (χ1n) is 13.8. The van der Waals surface area contributed by atoms with E-state index in [1.54, 1.807) is 11.8 Å². The number of rotatable bonds is 15. The van der Waals surface area contributed by atoms with Gasteiger partial charge in [-0.3, -0.25) is 0 Å². The monoisotopic (exact) mass is 537 g/mol. The van der Waals surface area contributed by atoms with Crippen molar-refractivity contribution in [3.63, 3.8) is 0 Å².